The van der Waals surface area contributed by atoms with Crippen molar-refractivity contribution in [3.05, 3.63) is 41.0 Å². The monoisotopic (exact) mass is 259 g/mol. The standard InChI is InChI=1S/C13H10ClN3O/c1-2-7-15-13(18)11-8-16-17-12(11)9-3-5-10(14)6-4-9/h1,3-6,8H,7H2,(H,15,18)(H,16,17). The van der Waals surface area contributed by atoms with Crippen molar-refractivity contribution in [2.45, 2.75) is 0 Å². The molecule has 0 saturated carbocycles. The highest BCUT2D eigenvalue weighted by Gasteiger charge is 2.14. The molecular formula is C13H10ClN3O. The third-order valence-electron chi connectivity index (χ3n) is 2.37. The average Bonchev–Trinajstić information content (AvgIpc) is 2.86. The van der Waals surface area contributed by atoms with Crippen LogP contribution in [0.25, 0.3) is 11.3 Å². The summed E-state index contributed by atoms with van der Waals surface area (Å²) in [5, 5.41) is 9.90. The number of amides is 1. The quantitative estimate of drug-likeness (QED) is 0.830. The molecule has 0 radical (unpaired) electrons. The van der Waals surface area contributed by atoms with Crippen LogP contribution in [-0.2, 0) is 0 Å². The number of terminal acetylenes is 1. The number of aromatic amines is 1. The highest BCUT2D eigenvalue weighted by atomic mass is 35.5. The van der Waals surface area contributed by atoms with Gasteiger partial charge in [-0.3, -0.25) is 9.89 Å². The van der Waals surface area contributed by atoms with Crippen LogP contribution in [0.4, 0.5) is 0 Å². The lowest BCUT2D eigenvalue weighted by Crippen LogP contribution is -2.23. The number of halogens is 1. The zero-order valence-electron chi connectivity index (χ0n) is 9.40. The van der Waals surface area contributed by atoms with Crippen LogP contribution >= 0.6 is 11.6 Å². The summed E-state index contributed by atoms with van der Waals surface area (Å²) >= 11 is 5.82. The van der Waals surface area contributed by atoms with E-state index in [-0.39, 0.29) is 12.5 Å². The Morgan fingerprint density at radius 1 is 1.44 bits per heavy atom. The molecule has 1 aromatic heterocycles. The number of H-pyrrole nitrogens is 1. The topological polar surface area (TPSA) is 57.8 Å². The molecule has 2 rings (SSSR count). The Bertz CT molecular complexity index is 595. The Hall–Kier alpha value is -2.25. The average molecular weight is 260 g/mol. The molecule has 0 aliphatic carbocycles. The molecule has 4 nitrogen and oxygen atoms in total. The third-order valence-corrected chi connectivity index (χ3v) is 2.62. The molecule has 0 bridgehead atoms. The number of rotatable bonds is 3. The molecule has 0 aliphatic heterocycles. The van der Waals surface area contributed by atoms with E-state index in [0.29, 0.717) is 16.3 Å². The lowest BCUT2D eigenvalue weighted by atomic mass is 10.1. The Labute approximate surface area is 109 Å². The van der Waals surface area contributed by atoms with Crippen molar-refractivity contribution in [1.82, 2.24) is 15.5 Å². The lowest BCUT2D eigenvalue weighted by Gasteiger charge is -2.03. The highest BCUT2D eigenvalue weighted by molar-refractivity contribution is 6.30. The zero-order valence-corrected chi connectivity index (χ0v) is 10.2. The predicted octanol–water partition coefficient (Wildman–Crippen LogP) is 2.09. The van der Waals surface area contributed by atoms with Gasteiger partial charge in [-0.15, -0.1) is 6.42 Å². The van der Waals surface area contributed by atoms with Crippen molar-refractivity contribution in [1.29, 1.82) is 0 Å². The fourth-order valence-electron chi connectivity index (χ4n) is 1.52. The minimum atomic E-state index is -0.258. The van der Waals surface area contributed by atoms with E-state index in [4.69, 9.17) is 18.0 Å². The van der Waals surface area contributed by atoms with Crippen molar-refractivity contribution >= 4 is 17.5 Å². The molecule has 2 N–H and O–H groups in total. The van der Waals surface area contributed by atoms with Crippen LogP contribution in [0.1, 0.15) is 10.4 Å². The first-order valence-electron chi connectivity index (χ1n) is 5.23. The maximum absolute atomic E-state index is 11.8. The summed E-state index contributed by atoms with van der Waals surface area (Å²) in [6.45, 7) is 0.185. The number of benzene rings is 1. The van der Waals surface area contributed by atoms with E-state index in [0.717, 1.165) is 5.56 Å². The number of hydrogen-bond donors (Lipinski definition) is 2. The second-order valence-corrected chi connectivity index (χ2v) is 3.99. The molecule has 0 saturated heterocycles. The van der Waals surface area contributed by atoms with Gasteiger partial charge in [0.15, 0.2) is 0 Å². The van der Waals surface area contributed by atoms with E-state index in [1.165, 1.54) is 6.20 Å². The maximum Gasteiger partial charge on any atom is 0.255 e. The number of carbonyl (C=O) groups is 1. The fraction of sp³-hybridized carbons (Fsp3) is 0.0769. The van der Waals surface area contributed by atoms with Crippen LogP contribution in [-0.4, -0.2) is 22.6 Å². The molecule has 1 aromatic carbocycles. The molecule has 0 atom stereocenters. The Kier molecular flexibility index (Phi) is 3.66. The Morgan fingerprint density at radius 2 is 2.17 bits per heavy atom. The number of carbonyl (C=O) groups excluding carboxylic acids is 1. The van der Waals surface area contributed by atoms with Crippen molar-refractivity contribution in [3.63, 3.8) is 0 Å². The highest BCUT2D eigenvalue weighted by Crippen LogP contribution is 2.22. The van der Waals surface area contributed by atoms with Crippen molar-refractivity contribution in [3.8, 4) is 23.6 Å². The molecule has 90 valence electrons. The van der Waals surface area contributed by atoms with Gasteiger partial charge in [-0.25, -0.2) is 0 Å². The van der Waals surface area contributed by atoms with Crippen molar-refractivity contribution < 1.29 is 4.79 Å². The van der Waals surface area contributed by atoms with Gasteiger partial charge in [0.2, 0.25) is 0 Å². The first-order chi connectivity index (χ1) is 8.72. The first kappa shape index (κ1) is 12.2. The van der Waals surface area contributed by atoms with Gasteiger partial charge in [0.25, 0.3) is 5.91 Å². The van der Waals surface area contributed by atoms with E-state index in [1.807, 2.05) is 12.1 Å². The molecule has 0 unspecified atom stereocenters. The van der Waals surface area contributed by atoms with Crippen molar-refractivity contribution in [2.75, 3.05) is 6.54 Å². The number of aromatic nitrogens is 2. The predicted molar refractivity (Wildman–Crippen MR) is 70.2 cm³/mol. The summed E-state index contributed by atoms with van der Waals surface area (Å²) in [6.07, 6.45) is 6.56. The molecule has 0 fully saturated rings. The van der Waals surface area contributed by atoms with E-state index < -0.39 is 0 Å². The lowest BCUT2D eigenvalue weighted by molar-refractivity contribution is 0.0959. The summed E-state index contributed by atoms with van der Waals surface area (Å²) in [7, 11) is 0. The summed E-state index contributed by atoms with van der Waals surface area (Å²) in [5.74, 6) is 2.09. The van der Waals surface area contributed by atoms with Crippen LogP contribution in [0.15, 0.2) is 30.5 Å². The number of hydrogen-bond acceptors (Lipinski definition) is 2. The largest absolute Gasteiger partial charge is 0.341 e. The normalized spacial score (nSPS) is 9.78. The summed E-state index contributed by atoms with van der Waals surface area (Å²) in [5.41, 5.74) is 1.93. The SMILES string of the molecule is C#CCNC(=O)c1cn[nH]c1-c1ccc(Cl)cc1. The molecule has 1 amide bonds. The molecule has 2 aromatic rings. The van der Waals surface area contributed by atoms with E-state index >= 15 is 0 Å². The van der Waals surface area contributed by atoms with Crippen LogP contribution < -0.4 is 5.32 Å². The van der Waals surface area contributed by atoms with Gasteiger partial charge in [-0.05, 0) is 12.1 Å². The van der Waals surface area contributed by atoms with Gasteiger partial charge >= 0.3 is 0 Å². The van der Waals surface area contributed by atoms with Crippen molar-refractivity contribution in [2.24, 2.45) is 0 Å². The van der Waals surface area contributed by atoms with Gasteiger partial charge in [0.05, 0.1) is 24.0 Å². The zero-order chi connectivity index (χ0) is 13.0. The molecular weight excluding hydrogens is 250 g/mol. The smallest absolute Gasteiger partial charge is 0.255 e. The van der Waals surface area contributed by atoms with Gasteiger partial charge < -0.3 is 5.32 Å². The Morgan fingerprint density at radius 3 is 2.83 bits per heavy atom. The van der Waals surface area contributed by atoms with Gasteiger partial charge in [0.1, 0.15) is 0 Å². The van der Waals surface area contributed by atoms with Crippen LogP contribution in [0.2, 0.25) is 5.02 Å². The molecule has 5 heteroatoms. The molecule has 1 heterocycles. The van der Waals surface area contributed by atoms with E-state index in [2.05, 4.69) is 21.4 Å². The second-order valence-electron chi connectivity index (χ2n) is 3.55. The van der Waals surface area contributed by atoms with Gasteiger partial charge in [-0.2, -0.15) is 5.10 Å². The number of nitrogens with one attached hydrogen (secondary N) is 2. The summed E-state index contributed by atoms with van der Waals surface area (Å²) in [4.78, 5) is 11.8. The third kappa shape index (κ3) is 2.53. The summed E-state index contributed by atoms with van der Waals surface area (Å²) < 4.78 is 0. The van der Waals surface area contributed by atoms with Crippen LogP contribution in [0.5, 0.6) is 0 Å². The minimum Gasteiger partial charge on any atom is -0.341 e. The van der Waals surface area contributed by atoms with E-state index in [1.54, 1.807) is 12.1 Å². The number of nitrogens with zero attached hydrogens (tertiary/aromatic N) is 1. The van der Waals surface area contributed by atoms with Gasteiger partial charge in [0, 0.05) is 10.6 Å². The fourth-order valence-corrected chi connectivity index (χ4v) is 1.65. The first-order valence-corrected chi connectivity index (χ1v) is 5.61. The van der Waals surface area contributed by atoms with E-state index in [9.17, 15) is 4.79 Å². The Balaban J connectivity index is 2.30. The second kappa shape index (κ2) is 5.39. The van der Waals surface area contributed by atoms with Crippen LogP contribution in [0.3, 0.4) is 0 Å². The molecule has 18 heavy (non-hydrogen) atoms. The van der Waals surface area contributed by atoms with Crippen LogP contribution in [0, 0.1) is 12.3 Å². The maximum atomic E-state index is 11.8. The summed E-state index contributed by atoms with van der Waals surface area (Å²) in [6, 6.07) is 7.13. The van der Waals surface area contributed by atoms with Gasteiger partial charge in [-0.1, -0.05) is 29.7 Å². The molecule has 0 spiro atoms. The molecule has 0 aliphatic rings. The minimum absolute atomic E-state index is 0.185.